The average molecular weight is 283 g/mol. The van der Waals surface area contributed by atoms with Crippen molar-refractivity contribution in [2.75, 3.05) is 31.1 Å². The van der Waals surface area contributed by atoms with Crippen LogP contribution in [0.15, 0.2) is 6.07 Å². The Bertz CT molecular complexity index is 470. The van der Waals surface area contributed by atoms with Crippen LogP contribution in [-0.2, 0) is 4.79 Å². The molecule has 0 unspecified atom stereocenters. The van der Waals surface area contributed by atoms with Gasteiger partial charge in [-0.1, -0.05) is 25.4 Å². The van der Waals surface area contributed by atoms with E-state index in [1.165, 1.54) is 0 Å². The van der Waals surface area contributed by atoms with Crippen LogP contribution in [0.4, 0.5) is 5.82 Å². The van der Waals surface area contributed by atoms with Gasteiger partial charge in [-0.25, -0.2) is 9.97 Å². The molecule has 0 atom stereocenters. The molecule has 1 amide bonds. The first-order chi connectivity index (χ1) is 8.97. The van der Waals surface area contributed by atoms with Crippen molar-refractivity contribution in [3.63, 3.8) is 0 Å². The number of rotatable bonds is 2. The van der Waals surface area contributed by atoms with Crippen molar-refractivity contribution < 1.29 is 4.79 Å². The van der Waals surface area contributed by atoms with Gasteiger partial charge in [0.05, 0.1) is 0 Å². The second-order valence-corrected chi connectivity index (χ2v) is 5.44. The number of piperazine rings is 1. The molecule has 2 heterocycles. The van der Waals surface area contributed by atoms with Crippen LogP contribution in [0.5, 0.6) is 0 Å². The summed E-state index contributed by atoms with van der Waals surface area (Å²) in [7, 11) is 0. The Balaban J connectivity index is 2.13. The Labute approximate surface area is 118 Å². The van der Waals surface area contributed by atoms with Crippen LogP contribution < -0.4 is 4.90 Å². The zero-order valence-electron chi connectivity index (χ0n) is 11.6. The molecular weight excluding hydrogens is 264 g/mol. The van der Waals surface area contributed by atoms with Crippen LogP contribution in [0.25, 0.3) is 0 Å². The Morgan fingerprint density at radius 3 is 2.42 bits per heavy atom. The summed E-state index contributed by atoms with van der Waals surface area (Å²) >= 11 is 6.05. The van der Waals surface area contributed by atoms with E-state index in [1.807, 2.05) is 18.7 Å². The number of halogens is 1. The zero-order valence-corrected chi connectivity index (χ0v) is 12.3. The fourth-order valence-corrected chi connectivity index (χ4v) is 2.28. The number of hydrogen-bond donors (Lipinski definition) is 0. The predicted molar refractivity (Wildman–Crippen MR) is 75.6 cm³/mol. The van der Waals surface area contributed by atoms with E-state index in [9.17, 15) is 4.79 Å². The number of hydrogen-bond acceptors (Lipinski definition) is 4. The van der Waals surface area contributed by atoms with E-state index in [4.69, 9.17) is 11.6 Å². The van der Waals surface area contributed by atoms with E-state index in [0.29, 0.717) is 5.15 Å². The van der Waals surface area contributed by atoms with Gasteiger partial charge in [0.2, 0.25) is 5.91 Å². The number of anilines is 1. The first-order valence-corrected chi connectivity index (χ1v) is 6.90. The van der Waals surface area contributed by atoms with Gasteiger partial charge in [0.1, 0.15) is 16.8 Å². The van der Waals surface area contributed by atoms with Gasteiger partial charge < -0.3 is 9.80 Å². The largest absolute Gasteiger partial charge is 0.353 e. The Morgan fingerprint density at radius 1 is 1.26 bits per heavy atom. The Kier molecular flexibility index (Phi) is 4.24. The second kappa shape index (κ2) is 5.74. The monoisotopic (exact) mass is 282 g/mol. The van der Waals surface area contributed by atoms with Crippen molar-refractivity contribution in [3.8, 4) is 0 Å². The summed E-state index contributed by atoms with van der Waals surface area (Å²) in [6.07, 6.45) is 0. The van der Waals surface area contributed by atoms with Crippen molar-refractivity contribution in [2.45, 2.75) is 26.7 Å². The molecule has 0 saturated carbocycles. The topological polar surface area (TPSA) is 49.3 Å². The number of amides is 1. The average Bonchev–Trinajstić information content (AvgIpc) is 2.38. The summed E-state index contributed by atoms with van der Waals surface area (Å²) < 4.78 is 0. The molecule has 0 aromatic carbocycles. The second-order valence-electron chi connectivity index (χ2n) is 5.05. The summed E-state index contributed by atoms with van der Waals surface area (Å²) in [5, 5.41) is 0.475. The molecule has 0 spiro atoms. The normalized spacial score (nSPS) is 16.1. The van der Waals surface area contributed by atoms with E-state index in [-0.39, 0.29) is 11.8 Å². The maximum absolute atomic E-state index is 11.3. The summed E-state index contributed by atoms with van der Waals surface area (Å²) in [4.78, 5) is 24.1. The van der Waals surface area contributed by atoms with E-state index in [0.717, 1.165) is 37.8 Å². The highest BCUT2D eigenvalue weighted by Gasteiger charge is 2.20. The van der Waals surface area contributed by atoms with Gasteiger partial charge in [-0.05, 0) is 0 Å². The minimum absolute atomic E-state index is 0.128. The smallest absolute Gasteiger partial charge is 0.219 e. The fourth-order valence-electron chi connectivity index (χ4n) is 2.09. The first kappa shape index (κ1) is 14.1. The Morgan fingerprint density at radius 2 is 1.89 bits per heavy atom. The fraction of sp³-hybridized carbons (Fsp3) is 0.615. The Hall–Kier alpha value is -1.36. The molecule has 1 aromatic rings. The minimum Gasteiger partial charge on any atom is -0.353 e. The van der Waals surface area contributed by atoms with Gasteiger partial charge in [0, 0.05) is 45.1 Å². The van der Waals surface area contributed by atoms with Crippen molar-refractivity contribution in [3.05, 3.63) is 17.0 Å². The molecule has 6 heteroatoms. The maximum atomic E-state index is 11.3. The predicted octanol–water partition coefficient (Wildman–Crippen LogP) is 1.92. The third-order valence-electron chi connectivity index (χ3n) is 3.26. The molecule has 0 bridgehead atoms. The van der Waals surface area contributed by atoms with E-state index in [1.54, 1.807) is 13.0 Å². The van der Waals surface area contributed by atoms with E-state index in [2.05, 4.69) is 14.9 Å². The standard InChI is InChI=1S/C13H19ClN4O/c1-9(2)13-15-11(14)8-12(16-13)18-6-4-17(5-7-18)10(3)19/h8-9H,4-7H2,1-3H3. The molecular formula is C13H19ClN4O. The summed E-state index contributed by atoms with van der Waals surface area (Å²) in [6, 6.07) is 1.79. The molecule has 19 heavy (non-hydrogen) atoms. The molecule has 104 valence electrons. The minimum atomic E-state index is 0.128. The van der Waals surface area contributed by atoms with E-state index >= 15 is 0 Å². The van der Waals surface area contributed by atoms with Crippen molar-refractivity contribution in [1.29, 1.82) is 0 Å². The number of carbonyl (C=O) groups is 1. The number of nitrogens with zero attached hydrogens (tertiary/aromatic N) is 4. The van der Waals surface area contributed by atoms with Crippen LogP contribution in [-0.4, -0.2) is 47.0 Å². The summed E-state index contributed by atoms with van der Waals surface area (Å²) in [5.74, 6) is 1.99. The van der Waals surface area contributed by atoms with Gasteiger partial charge in [-0.2, -0.15) is 0 Å². The maximum Gasteiger partial charge on any atom is 0.219 e. The molecule has 1 fully saturated rings. The van der Waals surface area contributed by atoms with Gasteiger partial charge in [-0.15, -0.1) is 0 Å². The van der Waals surface area contributed by atoms with Crippen LogP contribution in [0, 0.1) is 0 Å². The van der Waals surface area contributed by atoms with Crippen LogP contribution in [0.1, 0.15) is 32.5 Å². The highest BCUT2D eigenvalue weighted by molar-refractivity contribution is 6.29. The van der Waals surface area contributed by atoms with Gasteiger partial charge in [-0.3, -0.25) is 4.79 Å². The molecule has 2 rings (SSSR count). The van der Waals surface area contributed by atoms with Crippen LogP contribution >= 0.6 is 11.6 Å². The van der Waals surface area contributed by atoms with Crippen LogP contribution in [0.2, 0.25) is 5.15 Å². The van der Waals surface area contributed by atoms with E-state index < -0.39 is 0 Å². The van der Waals surface area contributed by atoms with Crippen molar-refractivity contribution in [1.82, 2.24) is 14.9 Å². The first-order valence-electron chi connectivity index (χ1n) is 6.52. The number of carbonyl (C=O) groups excluding carboxylic acids is 1. The summed E-state index contributed by atoms with van der Waals surface area (Å²) in [6.45, 7) is 8.72. The van der Waals surface area contributed by atoms with Crippen molar-refractivity contribution in [2.24, 2.45) is 0 Å². The SMILES string of the molecule is CC(=O)N1CCN(c2cc(Cl)nc(C(C)C)n2)CC1. The molecule has 1 aromatic heterocycles. The molecule has 5 nitrogen and oxygen atoms in total. The highest BCUT2D eigenvalue weighted by atomic mass is 35.5. The van der Waals surface area contributed by atoms with Crippen LogP contribution in [0.3, 0.4) is 0 Å². The van der Waals surface area contributed by atoms with Gasteiger partial charge in [0.25, 0.3) is 0 Å². The molecule has 1 saturated heterocycles. The lowest BCUT2D eigenvalue weighted by Crippen LogP contribution is -2.48. The molecule has 0 aliphatic carbocycles. The molecule has 0 N–H and O–H groups in total. The van der Waals surface area contributed by atoms with Crippen molar-refractivity contribution >= 4 is 23.3 Å². The lowest BCUT2D eigenvalue weighted by atomic mass is 10.2. The summed E-state index contributed by atoms with van der Waals surface area (Å²) in [5.41, 5.74) is 0. The molecule has 1 aliphatic rings. The number of aromatic nitrogens is 2. The third-order valence-corrected chi connectivity index (χ3v) is 3.46. The molecule has 1 aliphatic heterocycles. The molecule has 0 radical (unpaired) electrons. The lowest BCUT2D eigenvalue weighted by Gasteiger charge is -2.35. The lowest BCUT2D eigenvalue weighted by molar-refractivity contribution is -0.129. The third kappa shape index (κ3) is 3.35. The van der Waals surface area contributed by atoms with Gasteiger partial charge in [0.15, 0.2) is 0 Å². The highest BCUT2D eigenvalue weighted by Crippen LogP contribution is 2.21. The quantitative estimate of drug-likeness (QED) is 0.778. The zero-order chi connectivity index (χ0) is 14.0. The van der Waals surface area contributed by atoms with Gasteiger partial charge >= 0.3 is 0 Å².